The van der Waals surface area contributed by atoms with Crippen molar-refractivity contribution in [1.82, 2.24) is 0 Å². The largest absolute Gasteiger partial charge is 0.872 e. The molecule has 1 rings (SSSR count). The van der Waals surface area contributed by atoms with Crippen molar-refractivity contribution < 1.29 is 36.2 Å². The zero-order valence-corrected chi connectivity index (χ0v) is 8.97. The monoisotopic (exact) mass is 283 g/mol. The molecule has 1 aromatic rings. The summed E-state index contributed by atoms with van der Waals surface area (Å²) < 4.78 is 74.1. The molecule has 0 aliphatic rings. The van der Waals surface area contributed by atoms with E-state index < -0.39 is 41.1 Å². The molecule has 0 aliphatic heterocycles. The Labute approximate surface area is 103 Å². The van der Waals surface area contributed by atoms with Gasteiger partial charge in [0.1, 0.15) is 5.82 Å². The first-order chi connectivity index (χ1) is 8.62. The minimum Gasteiger partial charge on any atom is -0.872 e. The molecular formula is C11H5F6O2-. The van der Waals surface area contributed by atoms with Crippen molar-refractivity contribution in [3.8, 4) is 0 Å². The zero-order chi connectivity index (χ0) is 14.8. The average molecular weight is 283 g/mol. The highest BCUT2D eigenvalue weighted by Gasteiger charge is 2.33. The van der Waals surface area contributed by atoms with Gasteiger partial charge in [-0.15, -0.1) is 0 Å². The Bertz CT molecular complexity index is 518. The zero-order valence-electron chi connectivity index (χ0n) is 8.97. The summed E-state index contributed by atoms with van der Waals surface area (Å²) in [5.74, 6) is -4.72. The minimum atomic E-state index is -5.05. The topological polar surface area (TPSA) is 40.1 Å². The Morgan fingerprint density at radius 1 is 1.26 bits per heavy atom. The van der Waals surface area contributed by atoms with Gasteiger partial charge in [-0.3, -0.25) is 4.79 Å². The van der Waals surface area contributed by atoms with Gasteiger partial charge in [-0.1, -0.05) is 11.8 Å². The summed E-state index contributed by atoms with van der Waals surface area (Å²) in [4.78, 5) is 10.6. The van der Waals surface area contributed by atoms with Crippen LogP contribution in [0, 0.1) is 5.82 Å². The number of alkyl halides is 5. The first-order valence-electron chi connectivity index (χ1n) is 4.70. The lowest BCUT2D eigenvalue weighted by Gasteiger charge is -2.18. The van der Waals surface area contributed by atoms with Crippen LogP contribution in [0.2, 0.25) is 0 Å². The summed E-state index contributed by atoms with van der Waals surface area (Å²) in [7, 11) is 0. The van der Waals surface area contributed by atoms with Crippen molar-refractivity contribution in [3.05, 3.63) is 41.2 Å². The van der Waals surface area contributed by atoms with E-state index in [2.05, 4.69) is 0 Å². The van der Waals surface area contributed by atoms with Gasteiger partial charge in [-0.2, -0.15) is 13.2 Å². The van der Waals surface area contributed by atoms with E-state index in [9.17, 15) is 36.2 Å². The van der Waals surface area contributed by atoms with E-state index in [1.54, 1.807) is 0 Å². The molecule has 0 atom stereocenters. The number of rotatable bonds is 3. The SMILES string of the molecule is O=C(/C=C(\[O-])c1ccc(F)cc1C(F)(F)F)C(F)F. The van der Waals surface area contributed by atoms with Crippen LogP contribution in [0.3, 0.4) is 0 Å². The van der Waals surface area contributed by atoms with Crippen LogP contribution < -0.4 is 5.11 Å². The van der Waals surface area contributed by atoms with Gasteiger partial charge in [-0.25, -0.2) is 13.2 Å². The van der Waals surface area contributed by atoms with E-state index >= 15 is 0 Å². The lowest BCUT2D eigenvalue weighted by atomic mass is 10.0. The van der Waals surface area contributed by atoms with Crippen molar-refractivity contribution >= 4 is 11.5 Å². The van der Waals surface area contributed by atoms with Gasteiger partial charge in [0.05, 0.1) is 5.56 Å². The molecule has 19 heavy (non-hydrogen) atoms. The van der Waals surface area contributed by atoms with E-state index in [0.29, 0.717) is 12.1 Å². The number of carbonyl (C=O) groups is 1. The van der Waals surface area contributed by atoms with E-state index in [-0.39, 0.29) is 12.1 Å². The standard InChI is InChI=1S/C11H6F6O2/c12-5-1-2-6(7(3-5)11(15,16)17)8(18)4-9(19)10(13)14/h1-4,10,18H/p-1/b8-4-. The quantitative estimate of drug-likeness (QED) is 0.485. The fraction of sp³-hybridized carbons (Fsp3) is 0.182. The lowest BCUT2D eigenvalue weighted by molar-refractivity contribution is -0.244. The summed E-state index contributed by atoms with van der Waals surface area (Å²) in [6.45, 7) is 0. The molecule has 0 bridgehead atoms. The van der Waals surface area contributed by atoms with Gasteiger partial charge in [0.2, 0.25) is 5.78 Å². The summed E-state index contributed by atoms with van der Waals surface area (Å²) in [6, 6.07) is 1.09. The molecule has 1 aromatic carbocycles. The van der Waals surface area contributed by atoms with Gasteiger partial charge in [0, 0.05) is 0 Å². The number of hydrogen-bond acceptors (Lipinski definition) is 2. The summed E-state index contributed by atoms with van der Waals surface area (Å²) in [5.41, 5.74) is -2.70. The predicted octanol–water partition coefficient (Wildman–Crippen LogP) is 2.38. The van der Waals surface area contributed by atoms with Gasteiger partial charge in [0.25, 0.3) is 6.43 Å². The average Bonchev–Trinajstić information content (AvgIpc) is 2.27. The number of carbonyl (C=O) groups excluding carboxylic acids is 1. The van der Waals surface area contributed by atoms with Crippen LogP contribution in [0.4, 0.5) is 26.3 Å². The molecule has 0 radical (unpaired) electrons. The van der Waals surface area contributed by atoms with E-state index in [4.69, 9.17) is 0 Å². The smallest absolute Gasteiger partial charge is 0.417 e. The highest BCUT2D eigenvalue weighted by Crippen LogP contribution is 2.34. The third-order valence-corrected chi connectivity index (χ3v) is 2.04. The maximum absolute atomic E-state index is 12.7. The number of halogens is 6. The molecule has 0 amide bonds. The van der Waals surface area contributed by atoms with Crippen molar-refractivity contribution in [2.24, 2.45) is 0 Å². The van der Waals surface area contributed by atoms with E-state index in [0.717, 1.165) is 0 Å². The molecule has 0 aromatic heterocycles. The number of hydrogen-bond donors (Lipinski definition) is 0. The molecule has 0 saturated heterocycles. The normalized spacial score (nSPS) is 12.9. The minimum absolute atomic E-state index is 0.0495. The highest BCUT2D eigenvalue weighted by atomic mass is 19.4. The summed E-state index contributed by atoms with van der Waals surface area (Å²) in [6.07, 6.45) is -8.69. The van der Waals surface area contributed by atoms with Crippen LogP contribution in [-0.2, 0) is 11.0 Å². The number of ketones is 1. The number of allylic oxidation sites excluding steroid dienone is 1. The Balaban J connectivity index is 3.31. The fourth-order valence-corrected chi connectivity index (χ4v) is 1.24. The van der Waals surface area contributed by atoms with E-state index in [1.165, 1.54) is 0 Å². The molecule has 0 unspecified atom stereocenters. The second-order valence-corrected chi connectivity index (χ2v) is 3.40. The van der Waals surface area contributed by atoms with Gasteiger partial charge in [0.15, 0.2) is 0 Å². The van der Waals surface area contributed by atoms with Crippen LogP contribution in [0.5, 0.6) is 0 Å². The fourth-order valence-electron chi connectivity index (χ4n) is 1.24. The van der Waals surface area contributed by atoms with Crippen LogP contribution in [0.1, 0.15) is 11.1 Å². The van der Waals surface area contributed by atoms with Gasteiger partial charge < -0.3 is 5.11 Å². The molecular weight excluding hydrogens is 278 g/mol. The van der Waals surface area contributed by atoms with Crippen LogP contribution in [-0.4, -0.2) is 12.2 Å². The Morgan fingerprint density at radius 2 is 1.84 bits per heavy atom. The molecule has 8 heteroatoms. The first-order valence-corrected chi connectivity index (χ1v) is 4.70. The molecule has 0 N–H and O–H groups in total. The van der Waals surface area contributed by atoms with Gasteiger partial charge in [-0.05, 0) is 23.8 Å². The molecule has 0 saturated carbocycles. The molecule has 104 valence electrons. The lowest BCUT2D eigenvalue weighted by Crippen LogP contribution is -2.16. The second-order valence-electron chi connectivity index (χ2n) is 3.40. The number of benzene rings is 1. The molecule has 0 aliphatic carbocycles. The maximum Gasteiger partial charge on any atom is 0.417 e. The predicted molar refractivity (Wildman–Crippen MR) is 50.4 cm³/mol. The van der Waals surface area contributed by atoms with Crippen molar-refractivity contribution in [1.29, 1.82) is 0 Å². The molecule has 0 heterocycles. The van der Waals surface area contributed by atoms with Crippen molar-refractivity contribution in [3.63, 3.8) is 0 Å². The third-order valence-electron chi connectivity index (χ3n) is 2.04. The molecule has 0 spiro atoms. The van der Waals surface area contributed by atoms with Crippen LogP contribution >= 0.6 is 0 Å². The third kappa shape index (κ3) is 3.73. The molecule has 2 nitrogen and oxygen atoms in total. The van der Waals surface area contributed by atoms with Gasteiger partial charge >= 0.3 is 6.18 Å². The summed E-state index contributed by atoms with van der Waals surface area (Å²) >= 11 is 0. The highest BCUT2D eigenvalue weighted by molar-refractivity contribution is 5.97. The Kier molecular flexibility index (Phi) is 4.23. The Morgan fingerprint density at radius 3 is 2.32 bits per heavy atom. The van der Waals surface area contributed by atoms with Crippen molar-refractivity contribution in [2.45, 2.75) is 12.6 Å². The van der Waals surface area contributed by atoms with Crippen molar-refractivity contribution in [2.75, 3.05) is 0 Å². The first kappa shape index (κ1) is 15.1. The molecule has 0 fully saturated rings. The Hall–Kier alpha value is -1.99. The second kappa shape index (κ2) is 5.33. The summed E-state index contributed by atoms with van der Waals surface area (Å²) in [5, 5.41) is 11.3. The van der Waals surface area contributed by atoms with E-state index in [1.807, 2.05) is 0 Å². The van der Waals surface area contributed by atoms with Crippen LogP contribution in [0.15, 0.2) is 24.3 Å². The van der Waals surface area contributed by atoms with Crippen LogP contribution in [0.25, 0.3) is 5.76 Å². The maximum atomic E-state index is 12.7.